The van der Waals surface area contributed by atoms with E-state index in [4.69, 9.17) is 5.11 Å². The summed E-state index contributed by atoms with van der Waals surface area (Å²) in [4.78, 5) is 18.6. The lowest BCUT2D eigenvalue weighted by molar-refractivity contribution is -0.136. The summed E-state index contributed by atoms with van der Waals surface area (Å²) in [5.74, 6) is -0.296. The standard InChI is InChI=1S/C13H14N2O2/c16-11(17)7-9-12(8-3-1-4-8)15-10-5-2-6-14-13(9)10/h2,5-6,8,15H,1,3-4,7H2,(H,16,17). The van der Waals surface area contributed by atoms with Crippen molar-refractivity contribution in [2.45, 2.75) is 31.6 Å². The molecule has 0 spiro atoms. The Bertz CT molecular complexity index is 570. The van der Waals surface area contributed by atoms with E-state index in [0.29, 0.717) is 5.92 Å². The topological polar surface area (TPSA) is 66.0 Å². The summed E-state index contributed by atoms with van der Waals surface area (Å²) < 4.78 is 0. The second-order valence-corrected chi connectivity index (χ2v) is 4.62. The van der Waals surface area contributed by atoms with Crippen molar-refractivity contribution in [2.75, 3.05) is 0 Å². The highest BCUT2D eigenvalue weighted by molar-refractivity contribution is 5.85. The van der Waals surface area contributed by atoms with Crippen molar-refractivity contribution in [1.82, 2.24) is 9.97 Å². The van der Waals surface area contributed by atoms with Crippen LogP contribution < -0.4 is 0 Å². The Morgan fingerprint density at radius 1 is 1.53 bits per heavy atom. The summed E-state index contributed by atoms with van der Waals surface area (Å²) in [6.07, 6.45) is 5.31. The fourth-order valence-corrected chi connectivity index (χ4v) is 2.47. The number of carboxylic acids is 1. The molecular formula is C13H14N2O2. The molecule has 0 atom stereocenters. The van der Waals surface area contributed by atoms with Gasteiger partial charge in [0.1, 0.15) is 0 Å². The highest BCUT2D eigenvalue weighted by Crippen LogP contribution is 2.39. The van der Waals surface area contributed by atoms with E-state index in [0.717, 1.165) is 35.1 Å². The van der Waals surface area contributed by atoms with Gasteiger partial charge >= 0.3 is 5.97 Å². The van der Waals surface area contributed by atoms with Crippen LogP contribution in [0.5, 0.6) is 0 Å². The number of H-pyrrole nitrogens is 1. The number of fused-ring (bicyclic) bond motifs is 1. The lowest BCUT2D eigenvalue weighted by atomic mass is 9.81. The van der Waals surface area contributed by atoms with E-state index in [-0.39, 0.29) is 6.42 Å². The maximum absolute atomic E-state index is 10.9. The molecule has 2 aromatic rings. The first-order valence-electron chi connectivity index (χ1n) is 5.93. The van der Waals surface area contributed by atoms with Crippen LogP contribution in [0, 0.1) is 0 Å². The Labute approximate surface area is 98.7 Å². The predicted molar refractivity (Wildman–Crippen MR) is 64.0 cm³/mol. The average molecular weight is 230 g/mol. The molecule has 3 rings (SSSR count). The van der Waals surface area contributed by atoms with Crippen LogP contribution >= 0.6 is 0 Å². The molecule has 2 N–H and O–H groups in total. The van der Waals surface area contributed by atoms with Crippen LogP contribution in [0.3, 0.4) is 0 Å². The Kier molecular flexibility index (Phi) is 2.35. The van der Waals surface area contributed by atoms with E-state index >= 15 is 0 Å². The van der Waals surface area contributed by atoms with Crippen LogP contribution in [0.4, 0.5) is 0 Å². The molecule has 4 nitrogen and oxygen atoms in total. The molecule has 0 amide bonds. The Morgan fingerprint density at radius 3 is 3.00 bits per heavy atom. The maximum Gasteiger partial charge on any atom is 0.307 e. The zero-order valence-corrected chi connectivity index (χ0v) is 9.44. The van der Waals surface area contributed by atoms with Gasteiger partial charge in [0.25, 0.3) is 0 Å². The first-order chi connectivity index (χ1) is 8.25. The van der Waals surface area contributed by atoms with Gasteiger partial charge in [-0.15, -0.1) is 0 Å². The fourth-order valence-electron chi connectivity index (χ4n) is 2.47. The van der Waals surface area contributed by atoms with Crippen molar-refractivity contribution in [3.05, 3.63) is 29.6 Å². The van der Waals surface area contributed by atoms with E-state index in [9.17, 15) is 4.79 Å². The first-order valence-corrected chi connectivity index (χ1v) is 5.93. The smallest absolute Gasteiger partial charge is 0.307 e. The van der Waals surface area contributed by atoms with Gasteiger partial charge in [-0.05, 0) is 30.9 Å². The van der Waals surface area contributed by atoms with Gasteiger partial charge in [0, 0.05) is 17.5 Å². The van der Waals surface area contributed by atoms with Gasteiger partial charge < -0.3 is 10.1 Å². The number of carbonyl (C=O) groups is 1. The molecular weight excluding hydrogens is 216 g/mol. The van der Waals surface area contributed by atoms with E-state index < -0.39 is 5.97 Å². The molecule has 17 heavy (non-hydrogen) atoms. The second-order valence-electron chi connectivity index (χ2n) is 4.62. The van der Waals surface area contributed by atoms with Crippen LogP contribution in [-0.2, 0) is 11.2 Å². The molecule has 0 aliphatic heterocycles. The average Bonchev–Trinajstić information content (AvgIpc) is 2.55. The van der Waals surface area contributed by atoms with E-state index in [1.807, 2.05) is 12.1 Å². The summed E-state index contributed by atoms with van der Waals surface area (Å²) in [6.45, 7) is 0. The van der Waals surface area contributed by atoms with Crippen LogP contribution in [0.25, 0.3) is 11.0 Å². The van der Waals surface area contributed by atoms with Gasteiger partial charge in [0.05, 0.1) is 17.5 Å². The molecule has 4 heteroatoms. The van der Waals surface area contributed by atoms with Crippen LogP contribution in [0.15, 0.2) is 18.3 Å². The number of aliphatic carboxylic acids is 1. The second kappa shape index (κ2) is 3.87. The molecule has 1 aliphatic carbocycles. The van der Waals surface area contributed by atoms with Crippen molar-refractivity contribution in [3.63, 3.8) is 0 Å². The van der Waals surface area contributed by atoms with E-state index in [1.165, 1.54) is 6.42 Å². The highest BCUT2D eigenvalue weighted by atomic mass is 16.4. The SMILES string of the molecule is O=C(O)Cc1c(C2CCC2)[nH]c2cccnc12. The minimum Gasteiger partial charge on any atom is -0.481 e. The molecule has 1 aliphatic rings. The number of rotatable bonds is 3. The molecule has 1 saturated carbocycles. The van der Waals surface area contributed by atoms with Gasteiger partial charge in [-0.2, -0.15) is 0 Å². The van der Waals surface area contributed by atoms with Crippen molar-refractivity contribution in [2.24, 2.45) is 0 Å². The number of hydrogen-bond donors (Lipinski definition) is 2. The normalized spacial score (nSPS) is 16.0. The fraction of sp³-hybridized carbons (Fsp3) is 0.385. The number of carboxylic acid groups (broad SMARTS) is 1. The number of hydrogen-bond acceptors (Lipinski definition) is 2. The number of nitrogens with zero attached hydrogens (tertiary/aromatic N) is 1. The molecule has 0 saturated heterocycles. The maximum atomic E-state index is 10.9. The largest absolute Gasteiger partial charge is 0.481 e. The van der Waals surface area contributed by atoms with Crippen molar-refractivity contribution in [3.8, 4) is 0 Å². The van der Waals surface area contributed by atoms with Gasteiger partial charge in [-0.3, -0.25) is 9.78 Å². The molecule has 0 unspecified atom stereocenters. The number of pyridine rings is 1. The lowest BCUT2D eigenvalue weighted by Gasteiger charge is -2.25. The summed E-state index contributed by atoms with van der Waals surface area (Å²) >= 11 is 0. The molecule has 2 heterocycles. The van der Waals surface area contributed by atoms with Crippen LogP contribution in [0.1, 0.15) is 36.4 Å². The van der Waals surface area contributed by atoms with E-state index in [2.05, 4.69) is 9.97 Å². The van der Waals surface area contributed by atoms with Crippen molar-refractivity contribution >= 4 is 17.0 Å². The molecule has 0 bridgehead atoms. The van der Waals surface area contributed by atoms with Crippen LogP contribution in [-0.4, -0.2) is 21.0 Å². The number of aromatic amines is 1. The van der Waals surface area contributed by atoms with Gasteiger partial charge in [-0.25, -0.2) is 0 Å². The zero-order valence-electron chi connectivity index (χ0n) is 9.44. The third-order valence-electron chi connectivity index (χ3n) is 3.53. The third-order valence-corrected chi connectivity index (χ3v) is 3.53. The van der Waals surface area contributed by atoms with Crippen molar-refractivity contribution < 1.29 is 9.90 Å². The van der Waals surface area contributed by atoms with Gasteiger partial charge in [0.2, 0.25) is 0 Å². The summed E-state index contributed by atoms with van der Waals surface area (Å²) in [5, 5.41) is 9.00. The van der Waals surface area contributed by atoms with Crippen molar-refractivity contribution in [1.29, 1.82) is 0 Å². The number of nitrogens with one attached hydrogen (secondary N) is 1. The molecule has 0 aromatic carbocycles. The van der Waals surface area contributed by atoms with Gasteiger partial charge in [-0.1, -0.05) is 6.42 Å². The first kappa shape index (κ1) is 10.3. The highest BCUT2D eigenvalue weighted by Gasteiger charge is 2.26. The summed E-state index contributed by atoms with van der Waals surface area (Å²) in [5.41, 5.74) is 3.73. The van der Waals surface area contributed by atoms with Gasteiger partial charge in [0.15, 0.2) is 0 Å². The Hall–Kier alpha value is -1.84. The quantitative estimate of drug-likeness (QED) is 0.851. The minimum absolute atomic E-state index is 0.0584. The molecule has 88 valence electrons. The van der Waals surface area contributed by atoms with E-state index in [1.54, 1.807) is 6.20 Å². The monoisotopic (exact) mass is 230 g/mol. The predicted octanol–water partition coefficient (Wildman–Crippen LogP) is 2.46. The minimum atomic E-state index is -0.794. The summed E-state index contributed by atoms with van der Waals surface area (Å²) in [7, 11) is 0. The lowest BCUT2D eigenvalue weighted by Crippen LogP contribution is -2.13. The zero-order chi connectivity index (χ0) is 11.8. The Morgan fingerprint density at radius 2 is 2.35 bits per heavy atom. The van der Waals surface area contributed by atoms with Crippen LogP contribution in [0.2, 0.25) is 0 Å². The third kappa shape index (κ3) is 1.69. The molecule has 1 fully saturated rings. The summed E-state index contributed by atoms with van der Waals surface area (Å²) in [6, 6.07) is 3.82. The number of aromatic nitrogens is 2. The molecule has 0 radical (unpaired) electrons. The Balaban J connectivity index is 2.14. The molecule has 2 aromatic heterocycles.